The van der Waals surface area contributed by atoms with Crippen LogP contribution in [0.15, 0.2) is 29.3 Å². The number of nitrogens with one attached hydrogen (secondary N) is 2. The van der Waals surface area contributed by atoms with Gasteiger partial charge in [-0.3, -0.25) is 9.79 Å². The first kappa shape index (κ1) is 19.9. The van der Waals surface area contributed by atoms with Crippen molar-refractivity contribution >= 4 is 35.2 Å². The second kappa shape index (κ2) is 9.92. The zero-order valence-electron chi connectivity index (χ0n) is 15.1. The highest BCUT2D eigenvalue weighted by Gasteiger charge is 2.23. The molecule has 5 nitrogen and oxygen atoms in total. The summed E-state index contributed by atoms with van der Waals surface area (Å²) in [5, 5.41) is 7.76. The molecule has 25 heavy (non-hydrogen) atoms. The number of guanidine groups is 1. The molecule has 0 spiro atoms. The summed E-state index contributed by atoms with van der Waals surface area (Å²) in [6.07, 6.45) is 3.51. The van der Waals surface area contributed by atoms with Crippen LogP contribution in [0.5, 0.6) is 0 Å². The summed E-state index contributed by atoms with van der Waals surface area (Å²) in [4.78, 5) is 18.2. The molecule has 2 N–H and O–H groups in total. The van der Waals surface area contributed by atoms with Crippen molar-refractivity contribution < 1.29 is 4.79 Å². The molecule has 138 valence electrons. The number of benzene rings is 1. The van der Waals surface area contributed by atoms with Crippen LogP contribution in [-0.2, 0) is 4.79 Å². The second-order valence-electron chi connectivity index (χ2n) is 6.15. The number of likely N-dealkylation sites (tertiary alicyclic amines) is 1. The maximum absolute atomic E-state index is 11.6. The van der Waals surface area contributed by atoms with E-state index in [1.165, 1.54) is 5.56 Å². The Morgan fingerprint density at radius 2 is 2.32 bits per heavy atom. The lowest BCUT2D eigenvalue weighted by molar-refractivity contribution is -0.132. The number of rotatable bonds is 6. The van der Waals surface area contributed by atoms with Crippen molar-refractivity contribution in [2.24, 2.45) is 4.99 Å². The van der Waals surface area contributed by atoms with Crippen LogP contribution >= 0.6 is 23.4 Å². The molecule has 2 unspecified atom stereocenters. The summed E-state index contributed by atoms with van der Waals surface area (Å²) in [5.41, 5.74) is 1.18. The summed E-state index contributed by atoms with van der Waals surface area (Å²) in [7, 11) is 1.85. The summed E-state index contributed by atoms with van der Waals surface area (Å²) in [5.74, 6) is 1.01. The largest absolute Gasteiger partial charge is 0.357 e. The lowest BCUT2D eigenvalue weighted by atomic mass is 10.1. The van der Waals surface area contributed by atoms with E-state index in [1.807, 2.05) is 25.2 Å². The van der Waals surface area contributed by atoms with Gasteiger partial charge >= 0.3 is 0 Å². The highest BCUT2D eigenvalue weighted by Crippen LogP contribution is 2.28. The monoisotopic (exact) mass is 382 g/mol. The van der Waals surface area contributed by atoms with Crippen molar-refractivity contribution in [2.45, 2.75) is 31.1 Å². The van der Waals surface area contributed by atoms with Crippen molar-refractivity contribution in [1.82, 2.24) is 15.5 Å². The Hall–Kier alpha value is -1.40. The topological polar surface area (TPSA) is 56.7 Å². The SMILES string of the molecule is CCNC(=NCC(SC)c1cccc(Cl)c1)NC1CCC(=O)N(C)C1. The Morgan fingerprint density at radius 1 is 1.52 bits per heavy atom. The fourth-order valence-electron chi connectivity index (χ4n) is 2.84. The van der Waals surface area contributed by atoms with Gasteiger partial charge in [-0.2, -0.15) is 11.8 Å². The standard InChI is InChI=1S/C18H27ClN4OS/c1-4-20-18(22-15-8-9-17(24)23(2)12-15)21-11-16(25-3)13-6-5-7-14(19)10-13/h5-7,10,15-16H,4,8-9,11-12H2,1-3H3,(H2,20,21,22). The number of hydrogen-bond donors (Lipinski definition) is 2. The first-order valence-corrected chi connectivity index (χ1v) is 10.3. The van der Waals surface area contributed by atoms with E-state index >= 15 is 0 Å². The highest BCUT2D eigenvalue weighted by atomic mass is 35.5. The maximum Gasteiger partial charge on any atom is 0.222 e. The van der Waals surface area contributed by atoms with Crippen molar-refractivity contribution in [1.29, 1.82) is 0 Å². The van der Waals surface area contributed by atoms with Gasteiger partial charge in [-0.25, -0.2) is 0 Å². The van der Waals surface area contributed by atoms with Gasteiger partial charge < -0.3 is 15.5 Å². The van der Waals surface area contributed by atoms with Gasteiger partial charge in [0.1, 0.15) is 0 Å². The number of halogens is 1. The summed E-state index contributed by atoms with van der Waals surface area (Å²) >= 11 is 7.88. The fraction of sp³-hybridized carbons (Fsp3) is 0.556. The van der Waals surface area contributed by atoms with E-state index in [4.69, 9.17) is 16.6 Å². The molecular formula is C18H27ClN4OS. The predicted octanol–water partition coefficient (Wildman–Crippen LogP) is 2.92. The second-order valence-corrected chi connectivity index (χ2v) is 7.63. The van der Waals surface area contributed by atoms with Gasteiger partial charge in [-0.1, -0.05) is 23.7 Å². The number of likely N-dealkylation sites (N-methyl/N-ethyl adjacent to an activating group) is 1. The van der Waals surface area contributed by atoms with Crippen LogP contribution in [0.3, 0.4) is 0 Å². The zero-order chi connectivity index (χ0) is 18.2. The van der Waals surface area contributed by atoms with Gasteiger partial charge in [0.05, 0.1) is 6.54 Å². The number of piperidine rings is 1. The third-order valence-corrected chi connectivity index (χ3v) is 5.46. The Morgan fingerprint density at radius 3 is 2.96 bits per heavy atom. The Kier molecular flexibility index (Phi) is 7.90. The van der Waals surface area contributed by atoms with Crippen molar-refractivity contribution in [3.63, 3.8) is 0 Å². The van der Waals surface area contributed by atoms with Gasteiger partial charge in [-0.15, -0.1) is 0 Å². The molecule has 0 bridgehead atoms. The Labute approximate surface area is 159 Å². The van der Waals surface area contributed by atoms with E-state index in [1.54, 1.807) is 16.7 Å². The van der Waals surface area contributed by atoms with E-state index in [2.05, 4.69) is 29.9 Å². The number of carbonyl (C=O) groups is 1. The summed E-state index contributed by atoms with van der Waals surface area (Å²) in [6.45, 7) is 4.23. The smallest absolute Gasteiger partial charge is 0.222 e. The van der Waals surface area contributed by atoms with Crippen molar-refractivity contribution in [3.05, 3.63) is 34.9 Å². The van der Waals surface area contributed by atoms with E-state index in [0.29, 0.717) is 19.5 Å². The predicted molar refractivity (Wildman–Crippen MR) is 107 cm³/mol. The van der Waals surface area contributed by atoms with Crippen LogP contribution in [0.2, 0.25) is 5.02 Å². The fourth-order valence-corrected chi connectivity index (χ4v) is 3.68. The third kappa shape index (κ3) is 6.12. The molecular weight excluding hydrogens is 356 g/mol. The van der Waals surface area contributed by atoms with Gasteiger partial charge in [0.15, 0.2) is 5.96 Å². The molecule has 0 radical (unpaired) electrons. The lowest BCUT2D eigenvalue weighted by Gasteiger charge is -2.31. The first-order chi connectivity index (χ1) is 12.0. The molecule has 0 aliphatic carbocycles. The van der Waals surface area contributed by atoms with E-state index < -0.39 is 0 Å². The molecule has 1 aliphatic heterocycles. The summed E-state index contributed by atoms with van der Waals surface area (Å²) in [6, 6.07) is 8.19. The normalized spacial score (nSPS) is 19.7. The molecule has 1 aromatic carbocycles. The van der Waals surface area contributed by atoms with Gasteiger partial charge in [0.25, 0.3) is 0 Å². The molecule has 1 saturated heterocycles. The molecule has 1 amide bonds. The zero-order valence-corrected chi connectivity index (χ0v) is 16.7. The molecule has 1 heterocycles. The maximum atomic E-state index is 11.6. The summed E-state index contributed by atoms with van der Waals surface area (Å²) < 4.78 is 0. The average molecular weight is 383 g/mol. The number of hydrogen-bond acceptors (Lipinski definition) is 3. The van der Waals surface area contributed by atoms with E-state index in [-0.39, 0.29) is 17.2 Å². The molecule has 1 aromatic rings. The van der Waals surface area contributed by atoms with Crippen LogP contribution in [0, 0.1) is 0 Å². The highest BCUT2D eigenvalue weighted by molar-refractivity contribution is 7.98. The van der Waals surface area contributed by atoms with Gasteiger partial charge in [0, 0.05) is 42.9 Å². The molecule has 0 aromatic heterocycles. The molecule has 2 atom stereocenters. The van der Waals surface area contributed by atoms with Crippen LogP contribution in [0.4, 0.5) is 0 Å². The van der Waals surface area contributed by atoms with Gasteiger partial charge in [0.2, 0.25) is 5.91 Å². The van der Waals surface area contributed by atoms with E-state index in [0.717, 1.165) is 23.9 Å². The molecule has 0 saturated carbocycles. The third-order valence-electron chi connectivity index (χ3n) is 4.23. The molecule has 1 fully saturated rings. The lowest BCUT2D eigenvalue weighted by Crippen LogP contribution is -2.51. The van der Waals surface area contributed by atoms with Crippen LogP contribution in [0.1, 0.15) is 30.6 Å². The van der Waals surface area contributed by atoms with Gasteiger partial charge in [-0.05, 0) is 37.3 Å². The minimum Gasteiger partial charge on any atom is -0.357 e. The number of aliphatic imine (C=N–C) groups is 1. The molecule has 2 rings (SSSR count). The van der Waals surface area contributed by atoms with Crippen LogP contribution in [-0.4, -0.2) is 55.7 Å². The van der Waals surface area contributed by atoms with Crippen molar-refractivity contribution in [2.75, 3.05) is 32.9 Å². The average Bonchev–Trinajstić information content (AvgIpc) is 2.59. The number of thioether (sulfide) groups is 1. The molecule has 1 aliphatic rings. The number of carbonyl (C=O) groups excluding carboxylic acids is 1. The minimum absolute atomic E-state index is 0.211. The van der Waals surface area contributed by atoms with Crippen LogP contribution < -0.4 is 10.6 Å². The first-order valence-electron chi connectivity index (χ1n) is 8.60. The quantitative estimate of drug-likeness (QED) is 0.586. The Bertz CT molecular complexity index is 610. The minimum atomic E-state index is 0.211. The number of nitrogens with zero attached hydrogens (tertiary/aromatic N) is 2. The number of amides is 1. The van der Waals surface area contributed by atoms with Crippen LogP contribution in [0.25, 0.3) is 0 Å². The van der Waals surface area contributed by atoms with Crippen molar-refractivity contribution in [3.8, 4) is 0 Å². The molecule has 7 heteroatoms. The Balaban J connectivity index is 2.01. The van der Waals surface area contributed by atoms with E-state index in [9.17, 15) is 4.79 Å².